The average Bonchev–Trinajstić information content (AvgIpc) is 1.98. The lowest BCUT2D eigenvalue weighted by Crippen LogP contribution is -2.14. The molecule has 0 aromatic heterocycles. The van der Waals surface area contributed by atoms with E-state index in [1.807, 2.05) is 0 Å². The summed E-state index contributed by atoms with van der Waals surface area (Å²) in [6.45, 7) is 0. The number of nitrogens with zero attached hydrogens (tertiary/aromatic N) is 3. The molecule has 4 amide bonds. The van der Waals surface area contributed by atoms with Crippen LogP contribution in [0.25, 0.3) is 0 Å². The lowest BCUT2D eigenvalue weighted by molar-refractivity contribution is 0.231. The maximum Gasteiger partial charge on any atom is 0.379 e. The van der Waals surface area contributed by atoms with Crippen LogP contribution in [0.2, 0.25) is 0 Å². The first-order valence-electron chi connectivity index (χ1n) is 1.67. The standard InChI is InChI=1S/C2IN3O2/c3-6-1(7)4-5-2(6)8. The molecule has 0 fully saturated rings. The minimum atomic E-state index is -0.615. The van der Waals surface area contributed by atoms with E-state index in [0.717, 1.165) is 3.11 Å². The van der Waals surface area contributed by atoms with Gasteiger partial charge in [0, 0.05) is 0 Å². The lowest BCUT2D eigenvalue weighted by Gasteiger charge is -1.92. The van der Waals surface area contributed by atoms with Crippen LogP contribution in [0.4, 0.5) is 9.59 Å². The largest absolute Gasteiger partial charge is 0.379 e. The zero-order chi connectivity index (χ0) is 6.15. The maximum absolute atomic E-state index is 10.2. The molecule has 0 spiro atoms. The number of carbonyl (C=O) groups is 2. The van der Waals surface area contributed by atoms with Gasteiger partial charge >= 0.3 is 12.1 Å². The fraction of sp³-hybridized carbons (Fsp3) is 0. The molecule has 0 aromatic carbocycles. The first kappa shape index (κ1) is 5.60. The molecule has 1 rings (SSSR count). The Kier molecular flexibility index (Phi) is 1.24. The predicted molar refractivity (Wildman–Crippen MR) is 31.5 cm³/mol. The van der Waals surface area contributed by atoms with Gasteiger partial charge in [-0.05, 0) is 0 Å². The van der Waals surface area contributed by atoms with Crippen LogP contribution in [-0.2, 0) is 0 Å². The monoisotopic (exact) mass is 225 g/mol. The molecule has 0 unspecified atom stereocenters. The Balaban J connectivity index is 2.84. The Labute approximate surface area is 58.2 Å². The molecule has 0 atom stereocenters. The predicted octanol–water partition coefficient (Wildman–Crippen LogP) is 1.34. The highest BCUT2D eigenvalue weighted by molar-refractivity contribution is 14.1. The van der Waals surface area contributed by atoms with E-state index in [0.29, 0.717) is 0 Å². The highest BCUT2D eigenvalue weighted by Gasteiger charge is 2.23. The Morgan fingerprint density at radius 1 is 1.25 bits per heavy atom. The van der Waals surface area contributed by atoms with Crippen LogP contribution in [0.3, 0.4) is 0 Å². The Morgan fingerprint density at radius 3 is 1.75 bits per heavy atom. The normalized spacial score (nSPS) is 18.4. The van der Waals surface area contributed by atoms with Crippen molar-refractivity contribution >= 4 is 34.9 Å². The molecule has 1 heterocycles. The number of halogens is 1. The first-order valence-corrected chi connectivity index (χ1v) is 2.64. The topological polar surface area (TPSA) is 62.1 Å². The molecule has 0 aromatic rings. The van der Waals surface area contributed by atoms with E-state index in [1.165, 1.54) is 22.9 Å². The molecule has 0 N–H and O–H groups in total. The van der Waals surface area contributed by atoms with Crippen LogP contribution >= 0.6 is 22.9 Å². The van der Waals surface area contributed by atoms with Crippen molar-refractivity contribution in [2.45, 2.75) is 0 Å². The minimum absolute atomic E-state index is 0.615. The third kappa shape index (κ3) is 0.703. The zero-order valence-corrected chi connectivity index (χ0v) is 5.69. The molecule has 0 aliphatic carbocycles. The van der Waals surface area contributed by atoms with Crippen molar-refractivity contribution in [2.24, 2.45) is 10.2 Å². The van der Waals surface area contributed by atoms with Crippen molar-refractivity contribution in [3.8, 4) is 0 Å². The van der Waals surface area contributed by atoms with Crippen LogP contribution < -0.4 is 0 Å². The van der Waals surface area contributed by atoms with Crippen molar-refractivity contribution in [3.05, 3.63) is 0 Å². The second-order valence-electron chi connectivity index (χ2n) is 1.05. The molecule has 0 saturated carbocycles. The number of urea groups is 2. The van der Waals surface area contributed by atoms with Crippen molar-refractivity contribution in [2.75, 3.05) is 0 Å². The SMILES string of the molecule is O=C1N=NC(=O)N1I. The van der Waals surface area contributed by atoms with Gasteiger partial charge in [0.15, 0.2) is 0 Å². The first-order chi connectivity index (χ1) is 3.72. The molecule has 6 heteroatoms. The van der Waals surface area contributed by atoms with E-state index in [9.17, 15) is 9.59 Å². The Bertz CT molecular complexity index is 158. The number of rotatable bonds is 0. The molecular formula is C2IN3O2. The molecule has 0 saturated heterocycles. The Hall–Kier alpha value is -0.530. The molecule has 5 nitrogen and oxygen atoms in total. The summed E-state index contributed by atoms with van der Waals surface area (Å²) in [5.74, 6) is 0. The summed E-state index contributed by atoms with van der Waals surface area (Å²) in [5.41, 5.74) is 0. The van der Waals surface area contributed by atoms with Crippen LogP contribution in [0.15, 0.2) is 10.2 Å². The Morgan fingerprint density at radius 2 is 1.62 bits per heavy atom. The van der Waals surface area contributed by atoms with Gasteiger partial charge in [-0.15, -0.1) is 0 Å². The van der Waals surface area contributed by atoms with Crippen molar-refractivity contribution in [3.63, 3.8) is 0 Å². The maximum atomic E-state index is 10.2. The number of amides is 4. The van der Waals surface area contributed by atoms with E-state index in [4.69, 9.17) is 0 Å². The van der Waals surface area contributed by atoms with Gasteiger partial charge in [-0.1, -0.05) is 10.2 Å². The van der Waals surface area contributed by atoms with E-state index < -0.39 is 12.1 Å². The number of hydrogen-bond acceptors (Lipinski definition) is 2. The molecule has 0 radical (unpaired) electrons. The quantitative estimate of drug-likeness (QED) is 0.461. The van der Waals surface area contributed by atoms with E-state index in [2.05, 4.69) is 10.2 Å². The number of hydrogen-bond donors (Lipinski definition) is 0. The van der Waals surface area contributed by atoms with Crippen LogP contribution in [-0.4, -0.2) is 15.2 Å². The van der Waals surface area contributed by atoms with Gasteiger partial charge in [-0.3, -0.25) is 0 Å². The van der Waals surface area contributed by atoms with Gasteiger partial charge in [-0.25, -0.2) is 9.59 Å². The molecule has 1 aliphatic rings. The van der Waals surface area contributed by atoms with Crippen LogP contribution in [0.1, 0.15) is 0 Å². The summed E-state index contributed by atoms with van der Waals surface area (Å²) < 4.78 is 0.803. The minimum Gasteiger partial charge on any atom is -0.243 e. The van der Waals surface area contributed by atoms with Crippen molar-refractivity contribution < 1.29 is 9.59 Å². The third-order valence-electron chi connectivity index (χ3n) is 0.557. The zero-order valence-electron chi connectivity index (χ0n) is 3.54. The summed E-state index contributed by atoms with van der Waals surface area (Å²) in [6, 6.07) is -1.23. The average molecular weight is 225 g/mol. The van der Waals surface area contributed by atoms with E-state index >= 15 is 0 Å². The molecule has 8 heavy (non-hydrogen) atoms. The van der Waals surface area contributed by atoms with Crippen molar-refractivity contribution in [1.82, 2.24) is 3.11 Å². The third-order valence-corrected chi connectivity index (χ3v) is 1.38. The number of azo groups is 1. The molecule has 0 bridgehead atoms. The summed E-state index contributed by atoms with van der Waals surface area (Å²) in [4.78, 5) is 20.4. The number of imide groups is 1. The van der Waals surface area contributed by atoms with Crippen LogP contribution in [0.5, 0.6) is 0 Å². The van der Waals surface area contributed by atoms with Gasteiger partial charge in [0.1, 0.15) is 0 Å². The summed E-state index contributed by atoms with van der Waals surface area (Å²) in [7, 11) is 0. The molecule has 42 valence electrons. The highest BCUT2D eigenvalue weighted by atomic mass is 127. The fourth-order valence-electron chi connectivity index (χ4n) is 0.246. The van der Waals surface area contributed by atoms with Gasteiger partial charge in [0.2, 0.25) is 0 Å². The van der Waals surface area contributed by atoms with Crippen LogP contribution in [0, 0.1) is 0 Å². The molecule has 1 aliphatic heterocycles. The lowest BCUT2D eigenvalue weighted by atomic mass is 11.0. The van der Waals surface area contributed by atoms with Gasteiger partial charge < -0.3 is 0 Å². The second kappa shape index (κ2) is 1.77. The van der Waals surface area contributed by atoms with Gasteiger partial charge in [0.25, 0.3) is 0 Å². The van der Waals surface area contributed by atoms with Gasteiger partial charge in [0.05, 0.1) is 22.9 Å². The summed E-state index contributed by atoms with van der Waals surface area (Å²) in [5, 5.41) is 5.91. The number of carbonyl (C=O) groups excluding carboxylic acids is 2. The second-order valence-corrected chi connectivity index (χ2v) is 2.01. The molecular weight excluding hydrogens is 225 g/mol. The smallest absolute Gasteiger partial charge is 0.243 e. The van der Waals surface area contributed by atoms with Crippen molar-refractivity contribution in [1.29, 1.82) is 0 Å². The van der Waals surface area contributed by atoms with E-state index in [1.54, 1.807) is 0 Å². The highest BCUT2D eigenvalue weighted by Crippen LogP contribution is 2.11. The fourth-order valence-corrected chi connectivity index (χ4v) is 0.439. The summed E-state index contributed by atoms with van der Waals surface area (Å²) >= 11 is 1.53. The van der Waals surface area contributed by atoms with Gasteiger partial charge in [-0.2, -0.15) is 3.11 Å². The summed E-state index contributed by atoms with van der Waals surface area (Å²) in [6.07, 6.45) is 0. The van der Waals surface area contributed by atoms with E-state index in [-0.39, 0.29) is 0 Å².